The highest BCUT2D eigenvalue weighted by molar-refractivity contribution is 7.92. The Balaban J connectivity index is 2.13. The first-order valence-corrected chi connectivity index (χ1v) is 8.77. The van der Waals surface area contributed by atoms with E-state index in [4.69, 9.17) is 11.6 Å². The van der Waals surface area contributed by atoms with E-state index in [1.165, 1.54) is 16.4 Å². The lowest BCUT2D eigenvalue weighted by Gasteiger charge is -2.25. The monoisotopic (exact) mass is 350 g/mol. The van der Waals surface area contributed by atoms with Crippen molar-refractivity contribution in [3.8, 4) is 0 Å². The zero-order chi connectivity index (χ0) is 16.8. The minimum Gasteiger partial charge on any atom is -0.545 e. The Labute approximate surface area is 139 Å². The molecule has 0 spiro atoms. The fourth-order valence-electron chi connectivity index (χ4n) is 2.84. The summed E-state index contributed by atoms with van der Waals surface area (Å²) in [4.78, 5) is 11.0. The van der Waals surface area contributed by atoms with Crippen LogP contribution in [0.4, 0.5) is 5.69 Å². The molecule has 0 aliphatic carbocycles. The van der Waals surface area contributed by atoms with Gasteiger partial charge in [0.15, 0.2) is 0 Å². The van der Waals surface area contributed by atoms with E-state index >= 15 is 0 Å². The number of rotatable bonds is 3. The van der Waals surface area contributed by atoms with Gasteiger partial charge in [0.1, 0.15) is 0 Å². The van der Waals surface area contributed by atoms with Gasteiger partial charge in [0.25, 0.3) is 10.0 Å². The van der Waals surface area contributed by atoms with Crippen LogP contribution in [-0.2, 0) is 16.4 Å². The van der Waals surface area contributed by atoms with Crippen molar-refractivity contribution in [3.05, 3.63) is 58.6 Å². The van der Waals surface area contributed by atoms with Crippen molar-refractivity contribution in [2.45, 2.75) is 24.3 Å². The number of carbonyl (C=O) groups excluding carboxylic acids is 1. The molecule has 0 radical (unpaired) electrons. The lowest BCUT2D eigenvalue weighted by atomic mass is 10.1. The van der Waals surface area contributed by atoms with Crippen molar-refractivity contribution >= 4 is 33.3 Å². The maximum Gasteiger partial charge on any atom is 0.264 e. The minimum atomic E-state index is -3.89. The highest BCUT2D eigenvalue weighted by Crippen LogP contribution is 2.36. The lowest BCUT2D eigenvalue weighted by Crippen LogP contribution is -2.36. The molecule has 1 aliphatic rings. The molecule has 1 aliphatic heterocycles. The van der Waals surface area contributed by atoms with E-state index in [0.717, 1.165) is 11.6 Å². The van der Waals surface area contributed by atoms with Crippen LogP contribution in [0.1, 0.15) is 22.8 Å². The standard InChI is InChI=1S/C16H14ClNO4S/c1-10-8-11-4-2-3-5-15(11)18(10)23(21,22)12-6-7-14(17)13(9-12)16(19)20/h2-7,9-10H,8H2,1H3,(H,19,20)/p-1/t10-/m0/s1. The van der Waals surface area contributed by atoms with E-state index in [1.807, 2.05) is 19.1 Å². The van der Waals surface area contributed by atoms with E-state index in [-0.39, 0.29) is 21.5 Å². The Morgan fingerprint density at radius 3 is 2.65 bits per heavy atom. The zero-order valence-corrected chi connectivity index (χ0v) is 13.8. The van der Waals surface area contributed by atoms with Crippen molar-refractivity contribution in [1.29, 1.82) is 0 Å². The number of anilines is 1. The van der Waals surface area contributed by atoms with Crippen LogP contribution in [0.3, 0.4) is 0 Å². The minimum absolute atomic E-state index is 0.0566. The fraction of sp³-hybridized carbons (Fsp3) is 0.188. The largest absolute Gasteiger partial charge is 0.545 e. The first kappa shape index (κ1) is 15.8. The molecule has 1 atom stereocenters. The second-order valence-corrected chi connectivity index (χ2v) is 7.63. The molecule has 5 nitrogen and oxygen atoms in total. The average molecular weight is 351 g/mol. The third-order valence-electron chi connectivity index (χ3n) is 3.86. The molecule has 7 heteroatoms. The van der Waals surface area contributed by atoms with Gasteiger partial charge in [0.2, 0.25) is 0 Å². The number of sulfonamides is 1. The quantitative estimate of drug-likeness (QED) is 0.846. The van der Waals surface area contributed by atoms with Crippen LogP contribution in [0.2, 0.25) is 5.02 Å². The zero-order valence-electron chi connectivity index (χ0n) is 12.2. The predicted octanol–water partition coefficient (Wildman–Crippen LogP) is 1.84. The Hall–Kier alpha value is -2.05. The normalized spacial score (nSPS) is 17.1. The number of aromatic carboxylic acids is 1. The van der Waals surface area contributed by atoms with Gasteiger partial charge in [0.05, 0.1) is 16.6 Å². The molecule has 3 rings (SSSR count). The van der Waals surface area contributed by atoms with Crippen molar-refractivity contribution in [2.24, 2.45) is 0 Å². The van der Waals surface area contributed by atoms with Crippen LogP contribution in [0.15, 0.2) is 47.4 Å². The summed E-state index contributed by atoms with van der Waals surface area (Å²) in [7, 11) is -3.89. The summed E-state index contributed by atoms with van der Waals surface area (Å²) in [6, 6.07) is 10.6. The molecule has 0 bridgehead atoms. The molecule has 2 aromatic carbocycles. The first-order chi connectivity index (χ1) is 10.8. The Morgan fingerprint density at radius 2 is 1.96 bits per heavy atom. The van der Waals surface area contributed by atoms with Crippen molar-refractivity contribution in [3.63, 3.8) is 0 Å². The molecule has 0 N–H and O–H groups in total. The number of carbonyl (C=O) groups is 1. The number of carboxylic acid groups (broad SMARTS) is 1. The maximum absolute atomic E-state index is 13.0. The molecule has 0 unspecified atom stereocenters. The van der Waals surface area contributed by atoms with Crippen LogP contribution in [0.25, 0.3) is 0 Å². The first-order valence-electron chi connectivity index (χ1n) is 6.95. The van der Waals surface area contributed by atoms with Gasteiger partial charge in [-0.1, -0.05) is 29.8 Å². The third-order valence-corrected chi connectivity index (χ3v) is 6.11. The van der Waals surface area contributed by atoms with Gasteiger partial charge in [-0.2, -0.15) is 0 Å². The third kappa shape index (κ3) is 2.58. The van der Waals surface area contributed by atoms with Gasteiger partial charge in [-0.3, -0.25) is 4.31 Å². The van der Waals surface area contributed by atoms with E-state index in [2.05, 4.69) is 0 Å². The molecule has 120 valence electrons. The summed E-state index contributed by atoms with van der Waals surface area (Å²) in [6.45, 7) is 1.81. The number of benzene rings is 2. The average Bonchev–Trinajstić information content (AvgIpc) is 2.83. The van der Waals surface area contributed by atoms with Crippen molar-refractivity contribution < 1.29 is 18.3 Å². The van der Waals surface area contributed by atoms with Crippen molar-refractivity contribution in [2.75, 3.05) is 4.31 Å². The Bertz CT molecular complexity index is 895. The second kappa shape index (κ2) is 5.54. The molecule has 0 aromatic heterocycles. The number of carboxylic acids is 1. The second-order valence-electron chi connectivity index (χ2n) is 5.41. The van der Waals surface area contributed by atoms with E-state index in [0.29, 0.717) is 12.1 Å². The summed E-state index contributed by atoms with van der Waals surface area (Å²) >= 11 is 5.78. The molecule has 0 fully saturated rings. The van der Waals surface area contributed by atoms with Crippen LogP contribution < -0.4 is 9.41 Å². The van der Waals surface area contributed by atoms with E-state index in [1.54, 1.807) is 12.1 Å². The maximum atomic E-state index is 13.0. The number of hydrogen-bond donors (Lipinski definition) is 0. The highest BCUT2D eigenvalue weighted by Gasteiger charge is 2.36. The van der Waals surface area contributed by atoms with Gasteiger partial charge in [-0.15, -0.1) is 0 Å². The molecule has 0 amide bonds. The smallest absolute Gasteiger partial charge is 0.264 e. The molecular weight excluding hydrogens is 338 g/mol. The Kier molecular flexibility index (Phi) is 3.82. The highest BCUT2D eigenvalue weighted by atomic mass is 35.5. The SMILES string of the molecule is C[C@H]1Cc2ccccc2N1S(=O)(=O)c1ccc(Cl)c(C(=O)[O-])c1. The van der Waals surface area contributed by atoms with Crippen LogP contribution >= 0.6 is 11.6 Å². The van der Waals surface area contributed by atoms with Crippen molar-refractivity contribution in [1.82, 2.24) is 0 Å². The van der Waals surface area contributed by atoms with Gasteiger partial charge in [0, 0.05) is 16.6 Å². The lowest BCUT2D eigenvalue weighted by molar-refractivity contribution is -0.255. The molecule has 2 aromatic rings. The molecule has 0 saturated heterocycles. The number of hydrogen-bond acceptors (Lipinski definition) is 4. The number of para-hydroxylation sites is 1. The topological polar surface area (TPSA) is 77.5 Å². The summed E-state index contributed by atoms with van der Waals surface area (Å²) in [5.74, 6) is -1.51. The molecular formula is C16H13ClNO4S-. The molecule has 23 heavy (non-hydrogen) atoms. The van der Waals surface area contributed by atoms with E-state index < -0.39 is 16.0 Å². The predicted molar refractivity (Wildman–Crippen MR) is 85.1 cm³/mol. The van der Waals surface area contributed by atoms with Crippen LogP contribution in [-0.4, -0.2) is 20.4 Å². The number of halogens is 1. The van der Waals surface area contributed by atoms with Crippen LogP contribution in [0, 0.1) is 0 Å². The van der Waals surface area contributed by atoms with Gasteiger partial charge < -0.3 is 9.90 Å². The number of fused-ring (bicyclic) bond motifs is 1. The van der Waals surface area contributed by atoms with Gasteiger partial charge >= 0.3 is 0 Å². The van der Waals surface area contributed by atoms with Gasteiger partial charge in [-0.25, -0.2) is 8.42 Å². The van der Waals surface area contributed by atoms with Gasteiger partial charge in [-0.05, 0) is 43.2 Å². The Morgan fingerprint density at radius 1 is 1.26 bits per heavy atom. The summed E-state index contributed by atoms with van der Waals surface area (Å²) in [5.41, 5.74) is 1.22. The van der Waals surface area contributed by atoms with E-state index in [9.17, 15) is 18.3 Å². The fourth-order valence-corrected chi connectivity index (χ4v) is 4.75. The summed E-state index contributed by atoms with van der Waals surface area (Å²) < 4.78 is 27.3. The molecule has 0 saturated carbocycles. The summed E-state index contributed by atoms with van der Waals surface area (Å²) in [6.07, 6.45) is 0.607. The van der Waals surface area contributed by atoms with Crippen LogP contribution in [0.5, 0.6) is 0 Å². The summed E-state index contributed by atoms with van der Waals surface area (Å²) in [5, 5.41) is 11.0. The number of nitrogens with zero attached hydrogens (tertiary/aromatic N) is 1. The molecule has 1 heterocycles.